The normalized spacial score (nSPS) is 21.4. The molecule has 0 radical (unpaired) electrons. The molecule has 11 heteroatoms. The van der Waals surface area contributed by atoms with E-state index in [0.717, 1.165) is 16.2 Å². The number of hydrogen-bond donors (Lipinski definition) is 0. The Labute approximate surface area is 207 Å². The van der Waals surface area contributed by atoms with Gasteiger partial charge in [0.2, 0.25) is 11.8 Å². The first-order valence-electron chi connectivity index (χ1n) is 10.6. The average molecular weight is 517 g/mol. The minimum atomic E-state index is -0.711. The van der Waals surface area contributed by atoms with Gasteiger partial charge >= 0.3 is 10.8 Å². The van der Waals surface area contributed by atoms with Crippen molar-refractivity contribution in [3.05, 3.63) is 61.2 Å². The Kier molecular flexibility index (Phi) is 6.09. The topological polar surface area (TPSA) is 94.9 Å². The molecule has 3 aromatic rings. The highest BCUT2D eigenvalue weighted by Crippen LogP contribution is 2.54. The van der Waals surface area contributed by atoms with Crippen LogP contribution in [0.15, 0.2) is 51.6 Å². The first kappa shape index (κ1) is 22.9. The highest BCUT2D eigenvalue weighted by atomic mass is 32.2. The van der Waals surface area contributed by atoms with E-state index in [-0.39, 0.29) is 29.8 Å². The molecule has 1 fully saturated rings. The second kappa shape index (κ2) is 9.05. The Balaban J connectivity index is 1.59. The fourth-order valence-corrected chi connectivity index (χ4v) is 8.07. The van der Waals surface area contributed by atoms with Crippen LogP contribution >= 0.6 is 34.4 Å². The molecule has 176 valence electrons. The van der Waals surface area contributed by atoms with Crippen molar-refractivity contribution in [2.75, 3.05) is 18.6 Å². The van der Waals surface area contributed by atoms with E-state index in [2.05, 4.69) is 0 Å². The van der Waals surface area contributed by atoms with Gasteiger partial charge in [-0.25, -0.2) is 4.90 Å². The summed E-state index contributed by atoms with van der Waals surface area (Å²) in [7, 11) is 1.55. The zero-order chi connectivity index (χ0) is 24.0. The molecule has 3 atom stereocenters. The SMILES string of the molecule is CCOC(=O)Cn1c2c(sc1=O)[C@H](c1cccs1)C1C(=O)N(c3ccc(OC)cc3)C(=O)C1S2. The van der Waals surface area contributed by atoms with Gasteiger partial charge in [0.25, 0.3) is 0 Å². The van der Waals surface area contributed by atoms with E-state index < -0.39 is 23.1 Å². The molecule has 0 bridgehead atoms. The Morgan fingerprint density at radius 2 is 1.85 bits per heavy atom. The molecule has 1 aromatic carbocycles. The number of thiophene rings is 1. The smallest absolute Gasteiger partial charge is 0.326 e. The van der Waals surface area contributed by atoms with Gasteiger partial charge in [-0.05, 0) is 42.6 Å². The van der Waals surface area contributed by atoms with Crippen molar-refractivity contribution in [3.63, 3.8) is 0 Å². The summed E-state index contributed by atoms with van der Waals surface area (Å²) in [5, 5.41) is 1.75. The summed E-state index contributed by atoms with van der Waals surface area (Å²) >= 11 is 3.69. The van der Waals surface area contributed by atoms with Crippen LogP contribution in [0.3, 0.4) is 0 Å². The van der Waals surface area contributed by atoms with Crippen molar-refractivity contribution in [1.29, 1.82) is 0 Å². The van der Waals surface area contributed by atoms with Gasteiger partial charge in [-0.15, -0.1) is 11.3 Å². The first-order chi connectivity index (χ1) is 16.4. The molecule has 8 nitrogen and oxygen atoms in total. The number of thioether (sulfide) groups is 1. The molecule has 2 aliphatic rings. The van der Waals surface area contributed by atoms with Gasteiger partial charge in [0.15, 0.2) is 0 Å². The largest absolute Gasteiger partial charge is 0.497 e. The van der Waals surface area contributed by atoms with Crippen LogP contribution in [-0.4, -0.2) is 41.3 Å². The fraction of sp³-hybridized carbons (Fsp3) is 0.304. The minimum absolute atomic E-state index is 0.208. The number of imide groups is 1. The number of aromatic nitrogens is 1. The van der Waals surface area contributed by atoms with Crippen LogP contribution in [0.5, 0.6) is 5.75 Å². The maximum Gasteiger partial charge on any atom is 0.326 e. The molecule has 2 aromatic heterocycles. The number of fused-ring (bicyclic) bond motifs is 2. The lowest BCUT2D eigenvalue weighted by atomic mass is 9.87. The fourth-order valence-electron chi connectivity index (χ4n) is 4.35. The number of carbonyl (C=O) groups excluding carboxylic acids is 3. The number of carbonyl (C=O) groups is 3. The molecule has 5 rings (SSSR count). The second-order valence-corrected chi connectivity index (χ2v) is 10.8. The number of ether oxygens (including phenoxy) is 2. The molecular formula is C23H20N2O6S3. The number of hydrogen-bond acceptors (Lipinski definition) is 9. The monoisotopic (exact) mass is 516 g/mol. The summed E-state index contributed by atoms with van der Waals surface area (Å²) < 4.78 is 11.6. The van der Waals surface area contributed by atoms with Gasteiger partial charge in [0, 0.05) is 15.7 Å². The van der Waals surface area contributed by atoms with Gasteiger partial charge in [-0.1, -0.05) is 29.2 Å². The molecule has 0 saturated carbocycles. The van der Waals surface area contributed by atoms with E-state index in [4.69, 9.17) is 9.47 Å². The standard InChI is InChI=1S/C23H20N2O6S3/c1-3-31-15(26)11-24-22-19(34-23(24)29)16(14-5-4-10-32-14)17-18(33-22)21(28)25(20(17)27)12-6-8-13(30-2)9-7-12/h4-10,16-18H,3,11H2,1-2H3/t16-,17?,18?/m1/s1. The van der Waals surface area contributed by atoms with Gasteiger partial charge in [-0.3, -0.25) is 23.7 Å². The Morgan fingerprint density at radius 3 is 2.50 bits per heavy atom. The van der Waals surface area contributed by atoms with Crippen molar-refractivity contribution in [1.82, 2.24) is 4.57 Å². The third kappa shape index (κ3) is 3.68. The Bertz CT molecular complexity index is 1310. The molecule has 0 spiro atoms. The van der Waals surface area contributed by atoms with Gasteiger partial charge in [0.1, 0.15) is 17.5 Å². The third-order valence-corrected chi connectivity index (χ3v) is 9.38. The van der Waals surface area contributed by atoms with Crippen LogP contribution in [0.25, 0.3) is 0 Å². The maximum absolute atomic E-state index is 13.7. The van der Waals surface area contributed by atoms with Crippen molar-refractivity contribution in [2.45, 2.75) is 29.7 Å². The van der Waals surface area contributed by atoms with Crippen LogP contribution in [0.4, 0.5) is 5.69 Å². The van der Waals surface area contributed by atoms with Gasteiger partial charge < -0.3 is 9.47 Å². The van der Waals surface area contributed by atoms with Crippen LogP contribution < -0.4 is 14.5 Å². The number of thiazole rings is 1. The van der Waals surface area contributed by atoms with Crippen molar-refractivity contribution in [3.8, 4) is 5.75 Å². The van der Waals surface area contributed by atoms with Crippen LogP contribution in [0, 0.1) is 5.92 Å². The zero-order valence-corrected chi connectivity index (χ0v) is 20.7. The van der Waals surface area contributed by atoms with E-state index in [1.54, 1.807) is 38.3 Å². The van der Waals surface area contributed by atoms with E-state index in [0.29, 0.717) is 21.3 Å². The lowest BCUT2D eigenvalue weighted by Gasteiger charge is -2.29. The van der Waals surface area contributed by atoms with E-state index in [9.17, 15) is 19.2 Å². The number of amides is 2. The zero-order valence-electron chi connectivity index (χ0n) is 18.3. The molecular weight excluding hydrogens is 496 g/mol. The van der Waals surface area contributed by atoms with Gasteiger partial charge in [-0.2, -0.15) is 0 Å². The highest BCUT2D eigenvalue weighted by molar-refractivity contribution is 8.00. The molecule has 2 amide bonds. The summed E-state index contributed by atoms with van der Waals surface area (Å²) in [6.07, 6.45) is 0. The van der Waals surface area contributed by atoms with Gasteiger partial charge in [0.05, 0.1) is 30.3 Å². The van der Waals surface area contributed by atoms with Crippen molar-refractivity contribution >= 4 is 57.9 Å². The lowest BCUT2D eigenvalue weighted by Crippen LogP contribution is -2.32. The lowest BCUT2D eigenvalue weighted by molar-refractivity contribution is -0.144. The Morgan fingerprint density at radius 1 is 1.09 bits per heavy atom. The average Bonchev–Trinajstić information content (AvgIpc) is 3.52. The number of methoxy groups -OCH3 is 1. The van der Waals surface area contributed by atoms with E-state index in [1.165, 1.54) is 32.6 Å². The molecule has 1 saturated heterocycles. The van der Waals surface area contributed by atoms with Crippen molar-refractivity contribution in [2.24, 2.45) is 5.92 Å². The summed E-state index contributed by atoms with van der Waals surface area (Å²) in [4.78, 5) is 54.8. The van der Waals surface area contributed by atoms with Crippen molar-refractivity contribution < 1.29 is 23.9 Å². The Hall–Kier alpha value is -2.89. The third-order valence-electron chi connectivity index (χ3n) is 5.82. The van der Waals surface area contributed by atoms with E-state index in [1.807, 2.05) is 17.5 Å². The number of benzene rings is 1. The molecule has 34 heavy (non-hydrogen) atoms. The molecule has 2 unspecified atom stereocenters. The summed E-state index contributed by atoms with van der Waals surface area (Å²) in [6.45, 7) is 1.68. The second-order valence-electron chi connectivity index (χ2n) is 7.70. The highest BCUT2D eigenvalue weighted by Gasteiger charge is 2.57. The first-order valence-corrected chi connectivity index (χ1v) is 13.1. The minimum Gasteiger partial charge on any atom is -0.497 e. The number of rotatable bonds is 6. The molecule has 0 N–H and O–H groups in total. The predicted molar refractivity (Wildman–Crippen MR) is 130 cm³/mol. The summed E-state index contributed by atoms with van der Waals surface area (Å²) in [6, 6.07) is 10.6. The quantitative estimate of drug-likeness (QED) is 0.366. The maximum atomic E-state index is 13.7. The summed E-state index contributed by atoms with van der Waals surface area (Å²) in [5.41, 5.74) is 0.475. The van der Waals surface area contributed by atoms with E-state index >= 15 is 0 Å². The van der Waals surface area contributed by atoms with Crippen LogP contribution in [0.1, 0.15) is 22.6 Å². The number of anilines is 1. The molecule has 2 aliphatic heterocycles. The van der Waals surface area contributed by atoms with Crippen LogP contribution in [-0.2, 0) is 25.7 Å². The molecule has 0 aliphatic carbocycles. The van der Waals surface area contributed by atoms with Crippen LogP contribution in [0.2, 0.25) is 0 Å². The predicted octanol–water partition coefficient (Wildman–Crippen LogP) is 3.34. The summed E-state index contributed by atoms with van der Waals surface area (Å²) in [5.74, 6) is -1.62. The number of esters is 1. The molecule has 4 heterocycles. The number of nitrogens with zero attached hydrogens (tertiary/aromatic N) is 2.